The summed E-state index contributed by atoms with van der Waals surface area (Å²) in [5.41, 5.74) is 7.60. The van der Waals surface area contributed by atoms with E-state index in [9.17, 15) is 5.11 Å². The Morgan fingerprint density at radius 3 is 1.57 bits per heavy atom. The molecule has 0 aliphatic heterocycles. The molecule has 0 saturated carbocycles. The minimum absolute atomic E-state index is 0.0718. The van der Waals surface area contributed by atoms with Crippen LogP contribution in [0.3, 0.4) is 0 Å². The molecular weight excluding hydrogens is 284 g/mol. The summed E-state index contributed by atoms with van der Waals surface area (Å²) in [7, 11) is 0. The van der Waals surface area contributed by atoms with E-state index in [0.717, 1.165) is 38.9 Å². The molecule has 0 radical (unpaired) electrons. The normalized spacial score (nSPS) is 10.7. The van der Waals surface area contributed by atoms with Crippen LogP contribution >= 0.6 is 0 Å². The van der Waals surface area contributed by atoms with Gasteiger partial charge in [-0.1, -0.05) is 66.7 Å². The van der Waals surface area contributed by atoms with Crippen LogP contribution in [-0.4, -0.2) is 10.2 Å². The minimum atomic E-state index is 0.0718. The second kappa shape index (κ2) is 6.78. The molecule has 0 atom stereocenters. The van der Waals surface area contributed by atoms with Crippen molar-refractivity contribution in [3.8, 4) is 22.3 Å². The lowest BCUT2D eigenvalue weighted by molar-refractivity contribution is 0.281. The van der Waals surface area contributed by atoms with E-state index in [-0.39, 0.29) is 13.2 Å². The Hall–Kier alpha value is -2.42. The van der Waals surface area contributed by atoms with Crippen LogP contribution in [0.25, 0.3) is 22.3 Å². The topological polar surface area (TPSA) is 40.5 Å². The van der Waals surface area contributed by atoms with Gasteiger partial charge in [-0.15, -0.1) is 0 Å². The summed E-state index contributed by atoms with van der Waals surface area (Å²) in [5.74, 6) is 0. The lowest BCUT2D eigenvalue weighted by atomic mass is 9.97. The van der Waals surface area contributed by atoms with Crippen molar-refractivity contribution in [1.82, 2.24) is 0 Å². The molecule has 0 unspecified atom stereocenters. The van der Waals surface area contributed by atoms with Crippen LogP contribution in [0.5, 0.6) is 0 Å². The number of aliphatic hydroxyl groups excluding tert-OH is 2. The molecule has 3 aromatic rings. The highest BCUT2D eigenvalue weighted by molar-refractivity contribution is 5.71. The summed E-state index contributed by atoms with van der Waals surface area (Å²) in [6.07, 6.45) is 0. The SMILES string of the molecule is Cc1cc(-c2ccc(-c3ccc(CO)cc3)cc2)ccc1CO. The number of aliphatic hydroxyl groups is 2. The molecule has 3 rings (SSSR count). The molecule has 0 amide bonds. The van der Waals surface area contributed by atoms with Crippen LogP contribution in [0.1, 0.15) is 16.7 Å². The predicted molar refractivity (Wildman–Crippen MR) is 93.9 cm³/mol. The lowest BCUT2D eigenvalue weighted by Gasteiger charge is -2.08. The van der Waals surface area contributed by atoms with E-state index in [4.69, 9.17) is 5.11 Å². The first-order chi connectivity index (χ1) is 11.2. The Morgan fingerprint density at radius 2 is 1.09 bits per heavy atom. The van der Waals surface area contributed by atoms with Gasteiger partial charge in [-0.3, -0.25) is 0 Å². The van der Waals surface area contributed by atoms with Crippen LogP contribution in [0, 0.1) is 6.92 Å². The van der Waals surface area contributed by atoms with Gasteiger partial charge in [0, 0.05) is 0 Å². The largest absolute Gasteiger partial charge is 0.392 e. The summed E-state index contributed by atoms with van der Waals surface area (Å²) in [4.78, 5) is 0. The molecule has 0 aromatic heterocycles. The second-order valence-corrected chi connectivity index (χ2v) is 5.73. The summed E-state index contributed by atoms with van der Waals surface area (Å²) in [5, 5.41) is 18.4. The van der Waals surface area contributed by atoms with E-state index in [1.807, 2.05) is 43.3 Å². The van der Waals surface area contributed by atoms with Gasteiger partial charge in [0.15, 0.2) is 0 Å². The maximum Gasteiger partial charge on any atom is 0.0684 e. The first kappa shape index (κ1) is 15.5. The molecule has 2 nitrogen and oxygen atoms in total. The molecule has 23 heavy (non-hydrogen) atoms. The highest BCUT2D eigenvalue weighted by atomic mass is 16.3. The number of aryl methyl sites for hydroxylation is 1. The van der Waals surface area contributed by atoms with Crippen molar-refractivity contribution < 1.29 is 10.2 Å². The zero-order valence-corrected chi connectivity index (χ0v) is 13.2. The van der Waals surface area contributed by atoms with Crippen LogP contribution in [0.4, 0.5) is 0 Å². The Labute approximate surface area is 136 Å². The van der Waals surface area contributed by atoms with Crippen LogP contribution in [0.2, 0.25) is 0 Å². The highest BCUT2D eigenvalue weighted by Gasteiger charge is 2.03. The zero-order chi connectivity index (χ0) is 16.2. The lowest BCUT2D eigenvalue weighted by Crippen LogP contribution is -1.89. The third-order valence-electron chi connectivity index (χ3n) is 4.20. The average molecular weight is 304 g/mol. The van der Waals surface area contributed by atoms with Crippen molar-refractivity contribution in [1.29, 1.82) is 0 Å². The van der Waals surface area contributed by atoms with E-state index >= 15 is 0 Å². The van der Waals surface area contributed by atoms with Gasteiger partial charge in [0.05, 0.1) is 13.2 Å². The monoisotopic (exact) mass is 304 g/mol. The van der Waals surface area contributed by atoms with E-state index in [1.165, 1.54) is 0 Å². The summed E-state index contributed by atoms with van der Waals surface area (Å²) in [6, 6.07) is 22.5. The third-order valence-corrected chi connectivity index (χ3v) is 4.20. The number of benzene rings is 3. The van der Waals surface area contributed by atoms with Crippen LogP contribution in [-0.2, 0) is 13.2 Å². The van der Waals surface area contributed by atoms with Crippen molar-refractivity contribution in [2.24, 2.45) is 0 Å². The fourth-order valence-corrected chi connectivity index (χ4v) is 2.71. The van der Waals surface area contributed by atoms with Crippen molar-refractivity contribution in [3.63, 3.8) is 0 Å². The summed E-state index contributed by atoms with van der Waals surface area (Å²) in [6.45, 7) is 2.17. The fraction of sp³-hybridized carbons (Fsp3) is 0.143. The molecular formula is C21H20O2. The molecule has 0 fully saturated rings. The first-order valence-electron chi connectivity index (χ1n) is 7.72. The predicted octanol–water partition coefficient (Wildman–Crippen LogP) is 4.31. The van der Waals surface area contributed by atoms with Crippen molar-refractivity contribution >= 4 is 0 Å². The third kappa shape index (κ3) is 3.34. The standard InChI is InChI=1S/C21H20O2/c1-15-12-20(10-11-21(15)14-23)19-8-6-18(7-9-19)17-4-2-16(13-22)3-5-17/h2-12,22-23H,13-14H2,1H3. The van der Waals surface area contributed by atoms with Gasteiger partial charge in [-0.2, -0.15) is 0 Å². The maximum absolute atomic E-state index is 9.26. The smallest absolute Gasteiger partial charge is 0.0684 e. The summed E-state index contributed by atoms with van der Waals surface area (Å²) < 4.78 is 0. The molecule has 2 N–H and O–H groups in total. The molecule has 3 aromatic carbocycles. The number of rotatable bonds is 4. The van der Waals surface area contributed by atoms with E-state index in [1.54, 1.807) is 0 Å². The van der Waals surface area contributed by atoms with Crippen LogP contribution < -0.4 is 0 Å². The quantitative estimate of drug-likeness (QED) is 0.754. The summed E-state index contributed by atoms with van der Waals surface area (Å²) >= 11 is 0. The molecule has 0 aliphatic rings. The molecule has 0 spiro atoms. The molecule has 0 aliphatic carbocycles. The highest BCUT2D eigenvalue weighted by Crippen LogP contribution is 2.26. The molecule has 116 valence electrons. The van der Waals surface area contributed by atoms with Crippen molar-refractivity contribution in [2.75, 3.05) is 0 Å². The average Bonchev–Trinajstić information content (AvgIpc) is 2.62. The Bertz CT molecular complexity index is 787. The van der Waals surface area contributed by atoms with E-state index in [0.29, 0.717) is 0 Å². The van der Waals surface area contributed by atoms with Gasteiger partial charge in [0.1, 0.15) is 0 Å². The van der Waals surface area contributed by atoms with Gasteiger partial charge in [-0.05, 0) is 45.9 Å². The van der Waals surface area contributed by atoms with Gasteiger partial charge < -0.3 is 10.2 Å². The molecule has 0 bridgehead atoms. The van der Waals surface area contributed by atoms with Gasteiger partial charge in [-0.25, -0.2) is 0 Å². The number of hydrogen-bond acceptors (Lipinski definition) is 2. The van der Waals surface area contributed by atoms with Crippen molar-refractivity contribution in [3.05, 3.63) is 83.4 Å². The number of hydrogen-bond donors (Lipinski definition) is 2. The second-order valence-electron chi connectivity index (χ2n) is 5.73. The van der Waals surface area contributed by atoms with Gasteiger partial charge >= 0.3 is 0 Å². The first-order valence-corrected chi connectivity index (χ1v) is 7.72. The fourth-order valence-electron chi connectivity index (χ4n) is 2.71. The minimum Gasteiger partial charge on any atom is -0.392 e. The Balaban J connectivity index is 1.87. The van der Waals surface area contributed by atoms with Crippen LogP contribution in [0.15, 0.2) is 66.7 Å². The molecule has 0 heterocycles. The maximum atomic E-state index is 9.26. The van der Waals surface area contributed by atoms with E-state index in [2.05, 4.69) is 30.3 Å². The Morgan fingerprint density at radius 1 is 0.609 bits per heavy atom. The van der Waals surface area contributed by atoms with Gasteiger partial charge in [0.2, 0.25) is 0 Å². The van der Waals surface area contributed by atoms with Crippen molar-refractivity contribution in [2.45, 2.75) is 20.1 Å². The molecule has 2 heteroatoms. The zero-order valence-electron chi connectivity index (χ0n) is 13.2. The molecule has 0 saturated heterocycles. The van der Waals surface area contributed by atoms with E-state index < -0.39 is 0 Å². The van der Waals surface area contributed by atoms with Gasteiger partial charge in [0.25, 0.3) is 0 Å². The Kier molecular flexibility index (Phi) is 4.56.